The molecule has 0 unspecified atom stereocenters. The van der Waals surface area contributed by atoms with Crippen molar-refractivity contribution >= 4 is 30.6 Å². The number of allylic oxidation sites excluding steroid dienone is 2. The van der Waals surface area contributed by atoms with Crippen LogP contribution in [0.2, 0.25) is 0 Å². The van der Waals surface area contributed by atoms with Crippen molar-refractivity contribution < 1.29 is 13.2 Å². The van der Waals surface area contributed by atoms with E-state index in [0.717, 1.165) is 11.1 Å². The highest BCUT2D eigenvalue weighted by Gasteiger charge is 2.21. The van der Waals surface area contributed by atoms with Crippen molar-refractivity contribution in [2.75, 3.05) is 6.61 Å². The van der Waals surface area contributed by atoms with Crippen LogP contribution in [0.4, 0.5) is 0 Å². The molecular formula is C15H18ClNO3S. The number of hydrogen-bond acceptors (Lipinski definition) is 3. The lowest BCUT2D eigenvalue weighted by atomic mass is 10.2. The van der Waals surface area contributed by atoms with Gasteiger partial charge in [0.1, 0.15) is 10.6 Å². The molecule has 1 heterocycles. The van der Waals surface area contributed by atoms with Crippen LogP contribution < -0.4 is 4.74 Å². The predicted octanol–water partition coefficient (Wildman–Crippen LogP) is 3.93. The molecule has 0 fully saturated rings. The molecule has 4 nitrogen and oxygen atoms in total. The largest absolute Gasteiger partial charge is 0.493 e. The van der Waals surface area contributed by atoms with Gasteiger partial charge in [-0.25, -0.2) is 8.42 Å². The van der Waals surface area contributed by atoms with Crippen LogP contribution in [-0.4, -0.2) is 19.6 Å². The molecule has 0 aliphatic rings. The Labute approximate surface area is 129 Å². The lowest BCUT2D eigenvalue weighted by Crippen LogP contribution is -1.95. The molecule has 0 N–H and O–H groups in total. The fraction of sp³-hybridized carbons (Fsp3) is 0.333. The van der Waals surface area contributed by atoms with Gasteiger partial charge in [0.05, 0.1) is 17.5 Å². The summed E-state index contributed by atoms with van der Waals surface area (Å²) in [6, 6.07) is 5.46. The molecule has 0 aliphatic heterocycles. The van der Waals surface area contributed by atoms with E-state index in [2.05, 4.69) is 0 Å². The van der Waals surface area contributed by atoms with E-state index in [1.807, 2.05) is 43.5 Å². The van der Waals surface area contributed by atoms with Gasteiger partial charge in [-0.2, -0.15) is 0 Å². The second kappa shape index (κ2) is 6.12. The van der Waals surface area contributed by atoms with Gasteiger partial charge in [-0.15, -0.1) is 0 Å². The van der Waals surface area contributed by atoms with Crippen LogP contribution in [0.25, 0.3) is 10.9 Å². The Bertz CT molecular complexity index is 787. The molecule has 0 bridgehead atoms. The Hall–Kier alpha value is -1.46. The Kier molecular flexibility index (Phi) is 4.64. The third-order valence-electron chi connectivity index (χ3n) is 3.09. The minimum Gasteiger partial charge on any atom is -0.493 e. The molecule has 0 aliphatic carbocycles. The zero-order valence-corrected chi connectivity index (χ0v) is 13.8. The number of nitrogens with zero attached hydrogens (tertiary/aromatic N) is 1. The summed E-state index contributed by atoms with van der Waals surface area (Å²) < 4.78 is 31.1. The normalized spacial score (nSPS) is 11.6. The minimum absolute atomic E-state index is 0.0883. The van der Waals surface area contributed by atoms with Crippen LogP contribution in [0.5, 0.6) is 5.75 Å². The van der Waals surface area contributed by atoms with E-state index < -0.39 is 9.05 Å². The second-order valence-electron chi connectivity index (χ2n) is 4.95. The van der Waals surface area contributed by atoms with Gasteiger partial charge in [0, 0.05) is 23.4 Å². The molecule has 0 saturated carbocycles. The van der Waals surface area contributed by atoms with E-state index in [9.17, 15) is 8.42 Å². The predicted molar refractivity (Wildman–Crippen MR) is 85.6 cm³/mol. The number of aromatic nitrogens is 1. The second-order valence-corrected chi connectivity index (χ2v) is 7.48. The topological polar surface area (TPSA) is 48.3 Å². The quantitative estimate of drug-likeness (QED) is 0.617. The number of hydrogen-bond donors (Lipinski definition) is 0. The van der Waals surface area contributed by atoms with Gasteiger partial charge < -0.3 is 9.30 Å². The van der Waals surface area contributed by atoms with E-state index in [4.69, 9.17) is 15.4 Å². The maximum atomic E-state index is 11.8. The molecule has 6 heteroatoms. The standard InChI is InChI=1S/C15H18ClNO3S/c1-4-20-13-7-5-6-12-15(13)14(21(16,18)19)10-17(12)9-8-11(2)3/h5-8,10H,4,9H2,1-3H3. The first-order chi connectivity index (χ1) is 9.84. The van der Waals surface area contributed by atoms with Crippen LogP contribution >= 0.6 is 10.7 Å². The summed E-state index contributed by atoms with van der Waals surface area (Å²) in [5.74, 6) is 0.533. The van der Waals surface area contributed by atoms with Crippen molar-refractivity contribution in [1.82, 2.24) is 4.57 Å². The minimum atomic E-state index is -3.84. The molecular weight excluding hydrogens is 310 g/mol. The van der Waals surface area contributed by atoms with Gasteiger partial charge in [0.25, 0.3) is 9.05 Å². The van der Waals surface area contributed by atoms with E-state index in [0.29, 0.717) is 24.3 Å². The monoisotopic (exact) mass is 327 g/mol. The third-order valence-corrected chi connectivity index (χ3v) is 4.43. The zero-order chi connectivity index (χ0) is 15.6. The van der Waals surface area contributed by atoms with E-state index >= 15 is 0 Å². The van der Waals surface area contributed by atoms with Gasteiger partial charge in [0.15, 0.2) is 0 Å². The highest BCUT2D eigenvalue weighted by molar-refractivity contribution is 8.14. The van der Waals surface area contributed by atoms with Crippen LogP contribution in [0.1, 0.15) is 20.8 Å². The summed E-state index contributed by atoms with van der Waals surface area (Å²) in [6.45, 7) is 6.89. The van der Waals surface area contributed by atoms with Gasteiger partial charge in [0.2, 0.25) is 0 Å². The molecule has 2 aromatic rings. The molecule has 21 heavy (non-hydrogen) atoms. The van der Waals surface area contributed by atoms with E-state index in [1.54, 1.807) is 12.3 Å². The first kappa shape index (κ1) is 15.9. The summed E-state index contributed by atoms with van der Waals surface area (Å²) in [5, 5.41) is 0.538. The average molecular weight is 328 g/mol. The highest BCUT2D eigenvalue weighted by Crippen LogP contribution is 2.35. The number of fused-ring (bicyclic) bond motifs is 1. The highest BCUT2D eigenvalue weighted by atomic mass is 35.7. The van der Waals surface area contributed by atoms with E-state index in [-0.39, 0.29) is 4.90 Å². The molecule has 0 saturated heterocycles. The van der Waals surface area contributed by atoms with Crippen molar-refractivity contribution in [3.63, 3.8) is 0 Å². The number of rotatable bonds is 5. The molecule has 1 aromatic carbocycles. The molecule has 0 spiro atoms. The van der Waals surface area contributed by atoms with Crippen LogP contribution in [0.15, 0.2) is 40.9 Å². The first-order valence-electron chi connectivity index (χ1n) is 6.67. The summed E-state index contributed by atoms with van der Waals surface area (Å²) >= 11 is 0. The fourth-order valence-corrected chi connectivity index (χ4v) is 3.23. The van der Waals surface area contributed by atoms with Gasteiger partial charge >= 0.3 is 0 Å². The van der Waals surface area contributed by atoms with Crippen molar-refractivity contribution in [2.24, 2.45) is 0 Å². The lowest BCUT2D eigenvalue weighted by Gasteiger charge is -2.06. The van der Waals surface area contributed by atoms with Gasteiger partial charge in [-0.3, -0.25) is 0 Å². The Balaban J connectivity index is 2.73. The summed E-state index contributed by atoms with van der Waals surface area (Å²) in [4.78, 5) is 0.0883. The van der Waals surface area contributed by atoms with Crippen molar-refractivity contribution in [1.29, 1.82) is 0 Å². The SMILES string of the molecule is CCOc1cccc2c1c(S(=O)(=O)Cl)cn2CC=C(C)C. The molecule has 2 rings (SSSR count). The Morgan fingerprint density at radius 1 is 1.38 bits per heavy atom. The summed E-state index contributed by atoms with van der Waals surface area (Å²) in [7, 11) is 1.74. The number of halogens is 1. The van der Waals surface area contributed by atoms with Gasteiger partial charge in [-0.1, -0.05) is 17.7 Å². The Morgan fingerprint density at radius 3 is 2.67 bits per heavy atom. The molecule has 0 radical (unpaired) electrons. The molecule has 114 valence electrons. The maximum Gasteiger partial charge on any atom is 0.263 e. The zero-order valence-electron chi connectivity index (χ0n) is 12.3. The summed E-state index contributed by atoms with van der Waals surface area (Å²) in [5.41, 5.74) is 1.95. The van der Waals surface area contributed by atoms with Crippen LogP contribution in [-0.2, 0) is 15.6 Å². The fourth-order valence-electron chi connectivity index (χ4n) is 2.17. The maximum absolute atomic E-state index is 11.8. The van der Waals surface area contributed by atoms with Crippen LogP contribution in [0.3, 0.4) is 0 Å². The van der Waals surface area contributed by atoms with Crippen molar-refractivity contribution in [3.05, 3.63) is 36.0 Å². The summed E-state index contributed by atoms with van der Waals surface area (Å²) in [6.07, 6.45) is 3.59. The number of benzene rings is 1. The molecule has 0 atom stereocenters. The van der Waals surface area contributed by atoms with Crippen molar-refractivity contribution in [3.8, 4) is 5.75 Å². The smallest absolute Gasteiger partial charge is 0.263 e. The average Bonchev–Trinajstić information content (AvgIpc) is 2.76. The van der Waals surface area contributed by atoms with Gasteiger partial charge in [-0.05, 0) is 32.9 Å². The number of ether oxygens (including phenoxy) is 1. The van der Waals surface area contributed by atoms with Crippen molar-refractivity contribution in [2.45, 2.75) is 32.2 Å². The molecule has 0 amide bonds. The Morgan fingerprint density at radius 2 is 2.10 bits per heavy atom. The third kappa shape index (κ3) is 3.41. The first-order valence-corrected chi connectivity index (χ1v) is 8.98. The van der Waals surface area contributed by atoms with E-state index in [1.165, 1.54) is 0 Å². The van der Waals surface area contributed by atoms with Crippen LogP contribution in [0, 0.1) is 0 Å². The molecule has 1 aromatic heterocycles. The lowest BCUT2D eigenvalue weighted by molar-refractivity contribution is 0.344.